The highest BCUT2D eigenvalue weighted by atomic mass is 35.5. The Labute approximate surface area is 114 Å². The number of carbonyl (C=O) groups excluding carboxylic acids is 1. The Kier molecular flexibility index (Phi) is 3.79. The lowest BCUT2D eigenvalue weighted by Gasteiger charge is -2.07. The predicted octanol–water partition coefficient (Wildman–Crippen LogP) is 3.17. The van der Waals surface area contributed by atoms with Crippen LogP contribution in [0.4, 0.5) is 5.69 Å². The maximum Gasteiger partial charge on any atom is 0.248 e. The largest absolute Gasteiger partial charge is 0.398 e. The first-order valence-electron chi connectivity index (χ1n) is 5.19. The molecular formula is C13H11ClN2OS. The number of benzene rings is 2. The molecule has 4 N–H and O–H groups in total. The average Bonchev–Trinajstić information content (AvgIpc) is 2.31. The molecule has 0 aliphatic rings. The van der Waals surface area contributed by atoms with Gasteiger partial charge in [-0.25, -0.2) is 0 Å². The first-order chi connectivity index (χ1) is 8.56. The highest BCUT2D eigenvalue weighted by Crippen LogP contribution is 2.33. The summed E-state index contributed by atoms with van der Waals surface area (Å²) in [6, 6.07) is 12.4. The van der Waals surface area contributed by atoms with Gasteiger partial charge in [-0.1, -0.05) is 29.4 Å². The third-order valence-corrected chi connectivity index (χ3v) is 3.62. The summed E-state index contributed by atoms with van der Waals surface area (Å²) < 4.78 is 0. The molecule has 2 aromatic rings. The van der Waals surface area contributed by atoms with E-state index in [4.69, 9.17) is 23.1 Å². The summed E-state index contributed by atoms with van der Waals surface area (Å²) in [7, 11) is 0. The normalized spacial score (nSPS) is 10.3. The van der Waals surface area contributed by atoms with Crippen molar-refractivity contribution in [2.75, 3.05) is 5.73 Å². The van der Waals surface area contributed by atoms with Crippen molar-refractivity contribution < 1.29 is 4.79 Å². The summed E-state index contributed by atoms with van der Waals surface area (Å²) in [6.07, 6.45) is 0. The van der Waals surface area contributed by atoms with Crippen LogP contribution in [0.3, 0.4) is 0 Å². The minimum atomic E-state index is -0.469. The fraction of sp³-hybridized carbons (Fsp3) is 0. The lowest BCUT2D eigenvalue weighted by molar-refractivity contribution is 0.1000. The lowest BCUT2D eigenvalue weighted by atomic mass is 10.2. The minimum absolute atomic E-state index is 0.439. The van der Waals surface area contributed by atoms with E-state index in [9.17, 15) is 4.79 Å². The molecule has 0 saturated heterocycles. The van der Waals surface area contributed by atoms with Crippen molar-refractivity contribution in [2.24, 2.45) is 5.73 Å². The fourth-order valence-corrected chi connectivity index (χ4v) is 2.65. The van der Waals surface area contributed by atoms with Crippen molar-refractivity contribution in [3.63, 3.8) is 0 Å². The van der Waals surface area contributed by atoms with Gasteiger partial charge in [0.2, 0.25) is 5.91 Å². The number of hydrogen-bond donors (Lipinski definition) is 2. The van der Waals surface area contributed by atoms with E-state index in [0.29, 0.717) is 16.3 Å². The van der Waals surface area contributed by atoms with Gasteiger partial charge in [0.1, 0.15) is 0 Å². The molecule has 0 spiro atoms. The van der Waals surface area contributed by atoms with Crippen LogP contribution in [0.5, 0.6) is 0 Å². The zero-order chi connectivity index (χ0) is 13.1. The van der Waals surface area contributed by atoms with Crippen LogP contribution >= 0.6 is 23.4 Å². The Bertz CT molecular complexity index is 601. The molecule has 92 valence electrons. The van der Waals surface area contributed by atoms with E-state index in [2.05, 4.69) is 0 Å². The first kappa shape index (κ1) is 12.8. The number of nitrogens with two attached hydrogens (primary N) is 2. The number of nitrogen functional groups attached to an aromatic ring is 1. The summed E-state index contributed by atoms with van der Waals surface area (Å²) in [5.74, 6) is -0.469. The molecule has 0 aromatic heterocycles. The third kappa shape index (κ3) is 2.97. The van der Waals surface area contributed by atoms with E-state index in [1.54, 1.807) is 24.3 Å². The van der Waals surface area contributed by atoms with E-state index in [-0.39, 0.29) is 0 Å². The Hall–Kier alpha value is -1.65. The van der Waals surface area contributed by atoms with Gasteiger partial charge in [-0.3, -0.25) is 4.79 Å². The average molecular weight is 279 g/mol. The predicted molar refractivity (Wildman–Crippen MR) is 74.9 cm³/mol. The molecule has 18 heavy (non-hydrogen) atoms. The monoisotopic (exact) mass is 278 g/mol. The zero-order valence-corrected chi connectivity index (χ0v) is 11.0. The summed E-state index contributed by atoms with van der Waals surface area (Å²) in [5, 5.41) is 0.657. The Balaban J connectivity index is 2.33. The number of amides is 1. The Morgan fingerprint density at radius 2 is 1.94 bits per heavy atom. The molecule has 0 heterocycles. The van der Waals surface area contributed by atoms with E-state index < -0.39 is 5.91 Å². The van der Waals surface area contributed by atoms with E-state index >= 15 is 0 Å². The molecule has 2 aromatic carbocycles. The highest BCUT2D eigenvalue weighted by Gasteiger charge is 2.07. The molecule has 5 heteroatoms. The topological polar surface area (TPSA) is 69.1 Å². The second-order valence-electron chi connectivity index (χ2n) is 3.68. The molecule has 0 atom stereocenters. The van der Waals surface area contributed by atoms with Gasteiger partial charge in [0, 0.05) is 26.1 Å². The van der Waals surface area contributed by atoms with Crippen LogP contribution in [0.1, 0.15) is 10.4 Å². The summed E-state index contributed by atoms with van der Waals surface area (Å²) in [4.78, 5) is 12.9. The third-order valence-electron chi connectivity index (χ3n) is 2.32. The lowest BCUT2D eigenvalue weighted by Crippen LogP contribution is -2.11. The summed E-state index contributed by atoms with van der Waals surface area (Å²) in [6.45, 7) is 0. The van der Waals surface area contributed by atoms with Gasteiger partial charge in [-0.2, -0.15) is 0 Å². The van der Waals surface area contributed by atoms with Crippen molar-refractivity contribution in [3.05, 3.63) is 53.1 Å². The smallest absolute Gasteiger partial charge is 0.248 e. The first-order valence-corrected chi connectivity index (χ1v) is 6.38. The molecule has 0 unspecified atom stereocenters. The Morgan fingerprint density at radius 3 is 2.61 bits per heavy atom. The van der Waals surface area contributed by atoms with Crippen molar-refractivity contribution in [1.82, 2.24) is 0 Å². The summed E-state index contributed by atoms with van der Waals surface area (Å²) >= 11 is 7.36. The maximum absolute atomic E-state index is 11.1. The molecule has 0 radical (unpaired) electrons. The number of rotatable bonds is 3. The van der Waals surface area contributed by atoms with Crippen LogP contribution in [-0.4, -0.2) is 5.91 Å². The second kappa shape index (κ2) is 5.33. The molecule has 0 bridgehead atoms. The minimum Gasteiger partial charge on any atom is -0.398 e. The Morgan fingerprint density at radius 1 is 1.17 bits per heavy atom. The van der Waals surface area contributed by atoms with Gasteiger partial charge in [-0.05, 0) is 36.4 Å². The van der Waals surface area contributed by atoms with Crippen molar-refractivity contribution >= 4 is 35.0 Å². The number of carbonyl (C=O) groups is 1. The van der Waals surface area contributed by atoms with E-state index in [0.717, 1.165) is 9.79 Å². The highest BCUT2D eigenvalue weighted by molar-refractivity contribution is 7.99. The van der Waals surface area contributed by atoms with Crippen LogP contribution in [0.25, 0.3) is 0 Å². The molecule has 3 nitrogen and oxygen atoms in total. The molecule has 0 fully saturated rings. The molecule has 0 aliphatic carbocycles. The zero-order valence-electron chi connectivity index (χ0n) is 9.39. The molecule has 0 saturated carbocycles. The van der Waals surface area contributed by atoms with Crippen molar-refractivity contribution in [2.45, 2.75) is 9.79 Å². The fourth-order valence-electron chi connectivity index (χ4n) is 1.43. The van der Waals surface area contributed by atoms with Crippen LogP contribution in [0.2, 0.25) is 5.02 Å². The quantitative estimate of drug-likeness (QED) is 0.847. The number of anilines is 1. The number of primary amides is 1. The van der Waals surface area contributed by atoms with Gasteiger partial charge in [0.15, 0.2) is 0 Å². The number of halogens is 1. The van der Waals surface area contributed by atoms with Gasteiger partial charge >= 0.3 is 0 Å². The SMILES string of the molecule is NC(=O)c1ccc(N)c(Sc2cccc(Cl)c2)c1. The van der Waals surface area contributed by atoms with Crippen LogP contribution in [0, 0.1) is 0 Å². The molecular weight excluding hydrogens is 268 g/mol. The molecule has 2 rings (SSSR count). The van der Waals surface area contributed by atoms with Crippen molar-refractivity contribution in [1.29, 1.82) is 0 Å². The van der Waals surface area contributed by atoms with Crippen LogP contribution < -0.4 is 11.5 Å². The van der Waals surface area contributed by atoms with Crippen molar-refractivity contribution in [3.8, 4) is 0 Å². The number of hydrogen-bond acceptors (Lipinski definition) is 3. The maximum atomic E-state index is 11.1. The van der Waals surface area contributed by atoms with Crippen LogP contribution in [-0.2, 0) is 0 Å². The van der Waals surface area contributed by atoms with E-state index in [1.165, 1.54) is 11.8 Å². The van der Waals surface area contributed by atoms with Gasteiger partial charge < -0.3 is 11.5 Å². The van der Waals surface area contributed by atoms with E-state index in [1.807, 2.05) is 18.2 Å². The standard InChI is InChI=1S/C13H11ClN2OS/c14-9-2-1-3-10(7-9)18-12-6-8(13(16)17)4-5-11(12)15/h1-7H,15H2,(H2,16,17). The summed E-state index contributed by atoms with van der Waals surface area (Å²) in [5.41, 5.74) is 12.2. The second-order valence-corrected chi connectivity index (χ2v) is 5.23. The van der Waals surface area contributed by atoms with Gasteiger partial charge in [0.05, 0.1) is 0 Å². The van der Waals surface area contributed by atoms with Crippen LogP contribution in [0.15, 0.2) is 52.3 Å². The van der Waals surface area contributed by atoms with Gasteiger partial charge in [-0.15, -0.1) is 0 Å². The van der Waals surface area contributed by atoms with Gasteiger partial charge in [0.25, 0.3) is 0 Å². The molecule has 1 amide bonds. The molecule has 0 aliphatic heterocycles.